The number of carboxylic acid groups (broad SMARTS) is 2. The summed E-state index contributed by atoms with van der Waals surface area (Å²) in [6.07, 6.45) is 3.39. The van der Waals surface area contributed by atoms with Crippen molar-refractivity contribution in [1.82, 2.24) is 21.3 Å². The van der Waals surface area contributed by atoms with Crippen molar-refractivity contribution in [3.63, 3.8) is 0 Å². The molecule has 1 fully saturated rings. The molecule has 0 bridgehead atoms. The minimum Gasteiger partial charge on any atom is -0.481 e. The Morgan fingerprint density at radius 3 is 2.22 bits per heavy atom. The molecular formula is C20H34N4O7S. The molecule has 0 radical (unpaired) electrons. The van der Waals surface area contributed by atoms with Crippen LogP contribution in [0.3, 0.4) is 0 Å². The molecule has 3 amide bonds. The van der Waals surface area contributed by atoms with Crippen LogP contribution < -0.4 is 21.3 Å². The van der Waals surface area contributed by atoms with E-state index >= 15 is 0 Å². The molecular weight excluding hydrogens is 440 g/mol. The Labute approximate surface area is 191 Å². The number of hydrogen-bond acceptors (Lipinski definition) is 7. The van der Waals surface area contributed by atoms with E-state index < -0.39 is 60.3 Å². The number of rotatable bonds is 14. The molecule has 12 heteroatoms. The number of carbonyl (C=O) groups is 5. The molecule has 0 aromatic rings. The van der Waals surface area contributed by atoms with Gasteiger partial charge in [-0.05, 0) is 43.7 Å². The molecule has 0 saturated carbocycles. The SMILES string of the molecule is CCC(C)C(NC(=O)C(CC(=O)O)NC(=O)C(CCSC)NC(=O)C1CCCN1)C(=O)O. The Balaban J connectivity index is 2.92. The predicted molar refractivity (Wildman–Crippen MR) is 119 cm³/mol. The summed E-state index contributed by atoms with van der Waals surface area (Å²) in [5.74, 6) is -4.34. The van der Waals surface area contributed by atoms with Gasteiger partial charge in [-0.15, -0.1) is 0 Å². The molecule has 1 heterocycles. The first-order valence-electron chi connectivity index (χ1n) is 10.7. The maximum absolute atomic E-state index is 12.9. The third-order valence-electron chi connectivity index (χ3n) is 5.41. The van der Waals surface area contributed by atoms with E-state index in [1.54, 1.807) is 13.8 Å². The van der Waals surface area contributed by atoms with Gasteiger partial charge in [0.25, 0.3) is 0 Å². The standard InChI is InChI=1S/C20H34N4O7S/c1-4-11(2)16(20(30)31)24-19(29)14(10-15(25)26)23-18(28)13(7-9-32-3)22-17(27)12-6-5-8-21-12/h11-14,16,21H,4-10H2,1-3H3,(H,22,27)(H,23,28)(H,24,29)(H,25,26)(H,30,31). The van der Waals surface area contributed by atoms with E-state index in [-0.39, 0.29) is 12.3 Å². The van der Waals surface area contributed by atoms with Crippen molar-refractivity contribution in [2.24, 2.45) is 5.92 Å². The highest BCUT2D eigenvalue weighted by atomic mass is 32.2. The van der Waals surface area contributed by atoms with Crippen molar-refractivity contribution in [3.8, 4) is 0 Å². The molecule has 1 aliphatic rings. The Morgan fingerprint density at radius 1 is 1.06 bits per heavy atom. The highest BCUT2D eigenvalue weighted by molar-refractivity contribution is 7.98. The highest BCUT2D eigenvalue weighted by Gasteiger charge is 2.33. The fraction of sp³-hybridized carbons (Fsp3) is 0.750. The molecule has 0 aromatic heterocycles. The molecule has 11 nitrogen and oxygen atoms in total. The molecule has 6 N–H and O–H groups in total. The average Bonchev–Trinajstić information content (AvgIpc) is 3.28. The monoisotopic (exact) mass is 474 g/mol. The molecule has 1 aliphatic heterocycles. The lowest BCUT2D eigenvalue weighted by Gasteiger charge is -2.26. The first-order valence-corrected chi connectivity index (χ1v) is 12.1. The van der Waals surface area contributed by atoms with E-state index in [9.17, 15) is 34.2 Å². The van der Waals surface area contributed by atoms with Gasteiger partial charge in [-0.1, -0.05) is 20.3 Å². The number of hydrogen-bond donors (Lipinski definition) is 6. The number of thioether (sulfide) groups is 1. The zero-order chi connectivity index (χ0) is 24.3. The molecule has 32 heavy (non-hydrogen) atoms. The molecule has 0 aliphatic carbocycles. The summed E-state index contributed by atoms with van der Waals surface area (Å²) in [5, 5.41) is 29.0. The second-order valence-corrected chi connectivity index (χ2v) is 8.85. The highest BCUT2D eigenvalue weighted by Crippen LogP contribution is 2.10. The van der Waals surface area contributed by atoms with Gasteiger partial charge in [0.05, 0.1) is 12.5 Å². The number of carbonyl (C=O) groups excluding carboxylic acids is 3. The molecule has 1 rings (SSSR count). The van der Waals surface area contributed by atoms with Crippen LogP contribution in [0.4, 0.5) is 0 Å². The fourth-order valence-electron chi connectivity index (χ4n) is 3.28. The Kier molecular flexibility index (Phi) is 12.1. The van der Waals surface area contributed by atoms with Gasteiger partial charge in [0.2, 0.25) is 17.7 Å². The van der Waals surface area contributed by atoms with Gasteiger partial charge in [-0.3, -0.25) is 19.2 Å². The van der Waals surface area contributed by atoms with Crippen molar-refractivity contribution in [3.05, 3.63) is 0 Å². The van der Waals surface area contributed by atoms with E-state index in [1.165, 1.54) is 11.8 Å². The summed E-state index contributed by atoms with van der Waals surface area (Å²) in [6.45, 7) is 4.12. The molecule has 5 atom stereocenters. The van der Waals surface area contributed by atoms with E-state index in [1.807, 2.05) is 6.26 Å². The van der Waals surface area contributed by atoms with Crippen LogP contribution in [-0.2, 0) is 24.0 Å². The van der Waals surface area contributed by atoms with Gasteiger partial charge >= 0.3 is 11.9 Å². The quantitative estimate of drug-likeness (QED) is 0.195. The van der Waals surface area contributed by atoms with Crippen molar-refractivity contribution in [2.45, 2.75) is 70.1 Å². The zero-order valence-corrected chi connectivity index (χ0v) is 19.5. The summed E-state index contributed by atoms with van der Waals surface area (Å²) in [7, 11) is 0. The van der Waals surface area contributed by atoms with Gasteiger partial charge in [0.15, 0.2) is 0 Å². The van der Waals surface area contributed by atoms with Crippen molar-refractivity contribution < 1.29 is 34.2 Å². The van der Waals surface area contributed by atoms with Crippen LogP contribution in [0.5, 0.6) is 0 Å². The van der Waals surface area contributed by atoms with Gasteiger partial charge in [-0.25, -0.2) is 4.79 Å². The third-order valence-corrected chi connectivity index (χ3v) is 6.05. The molecule has 5 unspecified atom stereocenters. The van der Waals surface area contributed by atoms with Crippen LogP contribution in [0.25, 0.3) is 0 Å². The maximum Gasteiger partial charge on any atom is 0.326 e. The third kappa shape index (κ3) is 9.03. The first kappa shape index (κ1) is 27.7. The van der Waals surface area contributed by atoms with Gasteiger partial charge < -0.3 is 31.5 Å². The molecule has 0 aromatic carbocycles. The minimum atomic E-state index is -1.48. The number of aliphatic carboxylic acids is 2. The van der Waals surface area contributed by atoms with Gasteiger partial charge in [-0.2, -0.15) is 11.8 Å². The van der Waals surface area contributed by atoms with Crippen molar-refractivity contribution >= 4 is 41.4 Å². The van der Waals surface area contributed by atoms with Gasteiger partial charge in [0.1, 0.15) is 18.1 Å². The lowest BCUT2D eigenvalue weighted by Crippen LogP contribution is -2.58. The summed E-state index contributed by atoms with van der Waals surface area (Å²) in [5.41, 5.74) is 0. The summed E-state index contributed by atoms with van der Waals surface area (Å²) in [4.78, 5) is 60.7. The maximum atomic E-state index is 12.9. The van der Waals surface area contributed by atoms with Crippen LogP contribution in [0.15, 0.2) is 0 Å². The van der Waals surface area contributed by atoms with E-state index in [0.717, 1.165) is 6.42 Å². The van der Waals surface area contributed by atoms with E-state index in [2.05, 4.69) is 21.3 Å². The predicted octanol–water partition coefficient (Wildman–Crippen LogP) is -0.449. The minimum absolute atomic E-state index is 0.289. The van der Waals surface area contributed by atoms with E-state index in [4.69, 9.17) is 0 Å². The normalized spacial score (nSPS) is 19.3. The smallest absolute Gasteiger partial charge is 0.326 e. The van der Waals surface area contributed by atoms with Crippen LogP contribution in [-0.4, -0.2) is 82.6 Å². The topological polar surface area (TPSA) is 174 Å². The van der Waals surface area contributed by atoms with Gasteiger partial charge in [0, 0.05) is 0 Å². The summed E-state index contributed by atoms with van der Waals surface area (Å²) >= 11 is 1.47. The lowest BCUT2D eigenvalue weighted by atomic mass is 9.98. The molecule has 0 spiro atoms. The Bertz CT molecular complexity index is 685. The number of nitrogens with one attached hydrogen (secondary N) is 4. The van der Waals surface area contributed by atoms with Crippen LogP contribution in [0.2, 0.25) is 0 Å². The van der Waals surface area contributed by atoms with Crippen molar-refractivity contribution in [2.75, 3.05) is 18.6 Å². The molecule has 182 valence electrons. The Hall–Kier alpha value is -2.34. The van der Waals surface area contributed by atoms with Crippen LogP contribution in [0, 0.1) is 5.92 Å². The second-order valence-electron chi connectivity index (χ2n) is 7.86. The largest absolute Gasteiger partial charge is 0.481 e. The van der Waals surface area contributed by atoms with Crippen molar-refractivity contribution in [1.29, 1.82) is 0 Å². The number of amides is 3. The fourth-order valence-corrected chi connectivity index (χ4v) is 3.75. The summed E-state index contributed by atoms with van der Waals surface area (Å²) in [6, 6.07) is -4.05. The number of carboxylic acids is 2. The second kappa shape index (κ2) is 13.9. The lowest BCUT2D eigenvalue weighted by molar-refractivity contribution is -0.144. The summed E-state index contributed by atoms with van der Waals surface area (Å²) < 4.78 is 0. The Morgan fingerprint density at radius 2 is 1.72 bits per heavy atom. The molecule has 1 saturated heterocycles. The van der Waals surface area contributed by atoms with E-state index in [0.29, 0.717) is 25.1 Å². The zero-order valence-electron chi connectivity index (χ0n) is 18.7. The average molecular weight is 475 g/mol. The van der Waals surface area contributed by atoms with Crippen LogP contribution >= 0.6 is 11.8 Å². The van der Waals surface area contributed by atoms with Crippen LogP contribution in [0.1, 0.15) is 46.0 Å². The first-order chi connectivity index (χ1) is 15.1.